The lowest BCUT2D eigenvalue weighted by Crippen LogP contribution is -2.39. The van der Waals surface area contributed by atoms with Crippen LogP contribution in [0, 0.1) is 6.92 Å². The molecule has 0 N–H and O–H groups in total. The van der Waals surface area contributed by atoms with Gasteiger partial charge >= 0.3 is 0 Å². The molecular weight excluding hydrogens is 188 g/mol. The Morgan fingerprint density at radius 3 is 3.07 bits per heavy atom. The van der Waals surface area contributed by atoms with Crippen LogP contribution in [0.3, 0.4) is 0 Å². The molecule has 2 nitrogen and oxygen atoms in total. The SMILES string of the molecule is Cc1ccc2c(c1)O[C@H]1CC[C@]2(C)C1=O. The third-order valence-corrected chi connectivity index (χ3v) is 3.74. The van der Waals surface area contributed by atoms with Crippen LogP contribution < -0.4 is 4.74 Å². The van der Waals surface area contributed by atoms with Crippen molar-refractivity contribution in [2.24, 2.45) is 0 Å². The lowest BCUT2D eigenvalue weighted by Gasteiger charge is -2.30. The molecule has 1 aliphatic heterocycles. The number of aryl methyl sites for hydroxylation is 1. The fraction of sp³-hybridized carbons (Fsp3) is 0.462. The molecule has 2 bridgehead atoms. The summed E-state index contributed by atoms with van der Waals surface area (Å²) in [6, 6.07) is 6.14. The standard InChI is InChI=1S/C13H14O2/c1-8-3-4-9-11(7-8)15-10-5-6-13(9,2)12(10)14/h3-4,7,10H,5-6H2,1-2H3/t10-,13-/m0/s1. The summed E-state index contributed by atoms with van der Waals surface area (Å²) in [7, 11) is 0. The highest BCUT2D eigenvalue weighted by molar-refractivity contribution is 5.97. The zero-order valence-corrected chi connectivity index (χ0v) is 9.04. The molecule has 2 aliphatic rings. The third kappa shape index (κ3) is 1.02. The molecule has 1 aromatic carbocycles. The Morgan fingerprint density at radius 1 is 1.47 bits per heavy atom. The maximum atomic E-state index is 12.0. The van der Waals surface area contributed by atoms with E-state index in [1.165, 1.54) is 5.56 Å². The smallest absolute Gasteiger partial charge is 0.183 e. The van der Waals surface area contributed by atoms with Gasteiger partial charge in [-0.2, -0.15) is 0 Å². The van der Waals surface area contributed by atoms with Gasteiger partial charge in [0.25, 0.3) is 0 Å². The van der Waals surface area contributed by atoms with Gasteiger partial charge in [-0.3, -0.25) is 4.79 Å². The second-order valence-electron chi connectivity index (χ2n) is 4.84. The van der Waals surface area contributed by atoms with Crippen molar-refractivity contribution in [1.29, 1.82) is 0 Å². The minimum atomic E-state index is -0.286. The Hall–Kier alpha value is -1.31. The summed E-state index contributed by atoms with van der Waals surface area (Å²) in [5.41, 5.74) is 1.98. The van der Waals surface area contributed by atoms with Crippen LogP contribution in [0.2, 0.25) is 0 Å². The average Bonchev–Trinajstić information content (AvgIpc) is 2.42. The Morgan fingerprint density at radius 2 is 2.27 bits per heavy atom. The highest BCUT2D eigenvalue weighted by Gasteiger charge is 2.51. The quantitative estimate of drug-likeness (QED) is 0.645. The Labute approximate surface area is 89.2 Å². The monoisotopic (exact) mass is 202 g/mol. The van der Waals surface area contributed by atoms with Crippen molar-refractivity contribution in [3.63, 3.8) is 0 Å². The van der Waals surface area contributed by atoms with Crippen molar-refractivity contribution >= 4 is 5.78 Å². The molecule has 1 aliphatic carbocycles. The lowest BCUT2D eigenvalue weighted by atomic mass is 9.78. The van der Waals surface area contributed by atoms with E-state index in [9.17, 15) is 4.79 Å². The molecule has 0 radical (unpaired) electrons. The van der Waals surface area contributed by atoms with Crippen molar-refractivity contribution in [3.05, 3.63) is 29.3 Å². The molecule has 0 saturated heterocycles. The summed E-state index contributed by atoms with van der Waals surface area (Å²) in [4.78, 5) is 12.0. The van der Waals surface area contributed by atoms with E-state index < -0.39 is 0 Å². The second kappa shape index (κ2) is 2.63. The van der Waals surface area contributed by atoms with Gasteiger partial charge in [0, 0.05) is 5.56 Å². The number of benzene rings is 1. The van der Waals surface area contributed by atoms with E-state index in [0.29, 0.717) is 0 Å². The molecule has 2 atom stereocenters. The van der Waals surface area contributed by atoms with Crippen molar-refractivity contribution in [2.75, 3.05) is 0 Å². The average molecular weight is 202 g/mol. The first-order valence-corrected chi connectivity index (χ1v) is 5.43. The Kier molecular flexibility index (Phi) is 1.57. The van der Waals surface area contributed by atoms with Crippen molar-refractivity contribution in [1.82, 2.24) is 0 Å². The minimum absolute atomic E-state index is 0.190. The lowest BCUT2D eigenvalue weighted by molar-refractivity contribution is -0.128. The van der Waals surface area contributed by atoms with E-state index in [2.05, 4.69) is 6.07 Å². The molecule has 0 unspecified atom stereocenters. The maximum absolute atomic E-state index is 12.0. The van der Waals surface area contributed by atoms with Gasteiger partial charge in [0.1, 0.15) is 5.75 Å². The Balaban J connectivity index is 2.23. The summed E-state index contributed by atoms with van der Waals surface area (Å²) in [5, 5.41) is 0. The van der Waals surface area contributed by atoms with Gasteiger partial charge in [-0.15, -0.1) is 0 Å². The second-order valence-corrected chi connectivity index (χ2v) is 4.84. The van der Waals surface area contributed by atoms with Crippen LogP contribution in [0.1, 0.15) is 30.9 Å². The maximum Gasteiger partial charge on any atom is 0.183 e. The van der Waals surface area contributed by atoms with Crippen molar-refractivity contribution in [2.45, 2.75) is 38.2 Å². The predicted octanol–water partition coefficient (Wildman–Crippen LogP) is 2.38. The van der Waals surface area contributed by atoms with Crippen LogP contribution >= 0.6 is 0 Å². The molecule has 3 rings (SSSR count). The molecule has 1 saturated carbocycles. The molecule has 78 valence electrons. The fourth-order valence-corrected chi connectivity index (χ4v) is 2.75. The molecule has 1 aromatic rings. The van der Waals surface area contributed by atoms with Crippen LogP contribution in [-0.2, 0) is 10.2 Å². The van der Waals surface area contributed by atoms with E-state index in [-0.39, 0.29) is 17.3 Å². The number of ether oxygens (including phenoxy) is 1. The molecule has 2 heteroatoms. The van der Waals surface area contributed by atoms with Gasteiger partial charge in [-0.25, -0.2) is 0 Å². The van der Waals surface area contributed by atoms with Crippen molar-refractivity contribution < 1.29 is 9.53 Å². The molecular formula is C13H14O2. The summed E-state index contributed by atoms with van der Waals surface area (Å²) in [5.74, 6) is 1.18. The van der Waals surface area contributed by atoms with Gasteiger partial charge in [0.2, 0.25) is 0 Å². The van der Waals surface area contributed by atoms with Crippen LogP contribution in [0.5, 0.6) is 5.75 Å². The van der Waals surface area contributed by atoms with E-state index in [1.807, 2.05) is 26.0 Å². The zero-order chi connectivity index (χ0) is 10.6. The minimum Gasteiger partial charge on any atom is -0.482 e. The predicted molar refractivity (Wildman–Crippen MR) is 57.2 cm³/mol. The fourth-order valence-electron chi connectivity index (χ4n) is 2.75. The largest absolute Gasteiger partial charge is 0.482 e. The van der Waals surface area contributed by atoms with Crippen LogP contribution in [-0.4, -0.2) is 11.9 Å². The van der Waals surface area contributed by atoms with Crippen LogP contribution in [0.15, 0.2) is 18.2 Å². The van der Waals surface area contributed by atoms with E-state index in [0.717, 1.165) is 24.2 Å². The molecule has 0 aromatic heterocycles. The van der Waals surface area contributed by atoms with Gasteiger partial charge in [0.15, 0.2) is 11.9 Å². The first kappa shape index (κ1) is 8.96. The van der Waals surface area contributed by atoms with Gasteiger partial charge in [0.05, 0.1) is 5.41 Å². The number of ketones is 1. The summed E-state index contributed by atoms with van der Waals surface area (Å²) in [6.45, 7) is 4.09. The number of carbonyl (C=O) groups excluding carboxylic acids is 1. The van der Waals surface area contributed by atoms with Gasteiger partial charge < -0.3 is 4.74 Å². The highest BCUT2D eigenvalue weighted by atomic mass is 16.5. The number of rotatable bonds is 0. The third-order valence-electron chi connectivity index (χ3n) is 3.74. The highest BCUT2D eigenvalue weighted by Crippen LogP contribution is 2.47. The summed E-state index contributed by atoms with van der Waals surface area (Å²) < 4.78 is 5.73. The summed E-state index contributed by atoms with van der Waals surface area (Å²) >= 11 is 0. The van der Waals surface area contributed by atoms with Crippen LogP contribution in [0.25, 0.3) is 0 Å². The van der Waals surface area contributed by atoms with Crippen molar-refractivity contribution in [3.8, 4) is 5.75 Å². The molecule has 1 heterocycles. The van der Waals surface area contributed by atoms with E-state index >= 15 is 0 Å². The zero-order valence-electron chi connectivity index (χ0n) is 9.04. The first-order valence-electron chi connectivity index (χ1n) is 5.43. The number of fused-ring (bicyclic) bond motifs is 4. The first-order chi connectivity index (χ1) is 7.11. The van der Waals surface area contributed by atoms with Crippen LogP contribution in [0.4, 0.5) is 0 Å². The topological polar surface area (TPSA) is 26.3 Å². The number of hydrogen-bond acceptors (Lipinski definition) is 2. The van der Waals surface area contributed by atoms with Gasteiger partial charge in [-0.05, 0) is 38.3 Å². The number of hydrogen-bond donors (Lipinski definition) is 0. The Bertz CT molecular complexity index is 450. The van der Waals surface area contributed by atoms with E-state index in [1.54, 1.807) is 0 Å². The number of Topliss-reactive ketones (excluding diaryl/α,β-unsaturated/α-hetero) is 1. The molecule has 0 amide bonds. The summed E-state index contributed by atoms with van der Waals surface area (Å²) in [6.07, 6.45) is 1.60. The van der Waals surface area contributed by atoms with Gasteiger partial charge in [-0.1, -0.05) is 12.1 Å². The molecule has 1 fully saturated rings. The number of carbonyl (C=O) groups is 1. The normalized spacial score (nSPS) is 32.4. The molecule has 15 heavy (non-hydrogen) atoms. The van der Waals surface area contributed by atoms with E-state index in [4.69, 9.17) is 4.74 Å². The molecule has 0 spiro atoms.